The maximum atomic E-state index is 2.42. The lowest BCUT2D eigenvalue weighted by atomic mass is 9.87. The minimum absolute atomic E-state index is 1.14. The first-order valence-corrected chi connectivity index (χ1v) is 14.2. The van der Waals surface area contributed by atoms with Crippen LogP contribution in [0.5, 0.6) is 0 Å². The first-order valence-electron chi connectivity index (χ1n) is 14.2. The quantitative estimate of drug-likeness (QED) is 0.210. The summed E-state index contributed by atoms with van der Waals surface area (Å²) in [4.78, 5) is 2.37. The largest absolute Gasteiger partial charge is 0.310 e. The Morgan fingerprint density at radius 3 is 1.17 bits per heavy atom. The second-order valence-electron chi connectivity index (χ2n) is 10.9. The molecule has 0 radical (unpaired) electrons. The van der Waals surface area contributed by atoms with Crippen LogP contribution in [0.1, 0.15) is 0 Å². The van der Waals surface area contributed by atoms with Crippen molar-refractivity contribution in [1.82, 2.24) is 0 Å². The molecule has 41 heavy (non-hydrogen) atoms. The lowest BCUT2D eigenvalue weighted by Crippen LogP contribution is -2.09. The third-order valence-corrected chi connectivity index (χ3v) is 8.70. The van der Waals surface area contributed by atoms with Gasteiger partial charge >= 0.3 is 0 Å². The SMILES string of the molecule is c1ccc(N(c2ccccc2)c2cc3ccc4cccc5c6cccc7ccc8cccc(c(c2)c3c45)c8c76)cc1. The van der Waals surface area contributed by atoms with Gasteiger partial charge in [0.25, 0.3) is 0 Å². The van der Waals surface area contributed by atoms with Crippen molar-refractivity contribution in [3.05, 3.63) is 152 Å². The Morgan fingerprint density at radius 1 is 0.268 bits per heavy atom. The van der Waals surface area contributed by atoms with Crippen LogP contribution in [-0.2, 0) is 0 Å². The molecule has 0 unspecified atom stereocenters. The van der Waals surface area contributed by atoms with Gasteiger partial charge in [-0.3, -0.25) is 0 Å². The highest BCUT2D eigenvalue weighted by atomic mass is 15.1. The smallest absolute Gasteiger partial charge is 0.0474 e. The number of benzene rings is 8. The second-order valence-corrected chi connectivity index (χ2v) is 10.9. The molecule has 1 nitrogen and oxygen atoms in total. The van der Waals surface area contributed by atoms with Gasteiger partial charge < -0.3 is 4.90 Å². The fourth-order valence-corrected chi connectivity index (χ4v) is 7.00. The third kappa shape index (κ3) is 3.24. The van der Waals surface area contributed by atoms with Crippen LogP contribution >= 0.6 is 0 Å². The standard InChI is InChI=1S/C40H25N/c1-3-13-30(14-4-1)41(31-15-5-2-6-16-31)32-24-29-23-22-28-11-8-18-34-33-17-7-10-26-20-21-27-12-9-19-35(39(27)37(26)33)36(25-32)40(29)38(28)34/h1-25H. The number of nitrogens with zero attached hydrogens (tertiary/aromatic N) is 1. The van der Waals surface area contributed by atoms with E-state index in [2.05, 4.69) is 157 Å². The molecule has 0 heterocycles. The van der Waals surface area contributed by atoms with E-state index in [0.29, 0.717) is 0 Å². The molecular formula is C40H25N. The Bertz CT molecular complexity index is 2360. The van der Waals surface area contributed by atoms with Crippen molar-refractivity contribution in [2.75, 3.05) is 4.90 Å². The zero-order valence-electron chi connectivity index (χ0n) is 22.4. The lowest BCUT2D eigenvalue weighted by Gasteiger charge is -2.26. The molecule has 0 amide bonds. The van der Waals surface area contributed by atoms with Crippen LogP contribution in [0.25, 0.3) is 64.6 Å². The third-order valence-electron chi connectivity index (χ3n) is 8.70. The second kappa shape index (κ2) is 8.55. The van der Waals surface area contributed by atoms with E-state index in [1.54, 1.807) is 0 Å². The molecule has 9 aromatic carbocycles. The minimum atomic E-state index is 1.14. The van der Waals surface area contributed by atoms with E-state index in [1.807, 2.05) is 0 Å². The van der Waals surface area contributed by atoms with Crippen molar-refractivity contribution in [3.63, 3.8) is 0 Å². The number of rotatable bonds is 3. The average Bonchev–Trinajstić information content (AvgIpc) is 3.04. The molecule has 0 aromatic heterocycles. The lowest BCUT2D eigenvalue weighted by molar-refractivity contribution is 1.29. The van der Waals surface area contributed by atoms with Crippen molar-refractivity contribution < 1.29 is 0 Å². The highest BCUT2D eigenvalue weighted by Gasteiger charge is 2.18. The summed E-state index contributed by atoms with van der Waals surface area (Å²) in [6.45, 7) is 0. The van der Waals surface area contributed by atoms with Crippen molar-refractivity contribution in [3.8, 4) is 0 Å². The highest BCUT2D eigenvalue weighted by Crippen LogP contribution is 2.45. The topological polar surface area (TPSA) is 3.24 Å². The zero-order chi connectivity index (χ0) is 26.9. The number of para-hydroxylation sites is 2. The van der Waals surface area contributed by atoms with E-state index in [0.717, 1.165) is 17.1 Å². The van der Waals surface area contributed by atoms with Gasteiger partial charge in [-0.05, 0) is 101 Å². The Labute approximate surface area is 237 Å². The molecule has 0 aliphatic rings. The average molecular weight is 520 g/mol. The monoisotopic (exact) mass is 519 g/mol. The fourth-order valence-electron chi connectivity index (χ4n) is 7.00. The Morgan fingerprint density at radius 2 is 0.683 bits per heavy atom. The van der Waals surface area contributed by atoms with Crippen molar-refractivity contribution in [1.29, 1.82) is 0 Å². The van der Waals surface area contributed by atoms with Crippen LogP contribution in [-0.4, -0.2) is 0 Å². The van der Waals surface area contributed by atoms with Gasteiger partial charge in [0.05, 0.1) is 0 Å². The normalized spacial score (nSPS) is 11.9. The van der Waals surface area contributed by atoms with Crippen molar-refractivity contribution in [2.24, 2.45) is 0 Å². The van der Waals surface area contributed by atoms with Crippen molar-refractivity contribution in [2.45, 2.75) is 0 Å². The number of hydrogen-bond donors (Lipinski definition) is 0. The van der Waals surface area contributed by atoms with Gasteiger partial charge in [0, 0.05) is 17.1 Å². The van der Waals surface area contributed by atoms with Gasteiger partial charge in [0.15, 0.2) is 0 Å². The summed E-state index contributed by atoms with van der Waals surface area (Å²) in [5.41, 5.74) is 3.44. The molecule has 0 N–H and O–H groups in total. The Hall–Kier alpha value is -5.40. The summed E-state index contributed by atoms with van der Waals surface area (Å²) in [7, 11) is 0. The predicted molar refractivity (Wildman–Crippen MR) is 177 cm³/mol. The molecule has 0 bridgehead atoms. The summed E-state index contributed by atoms with van der Waals surface area (Å²) in [6, 6.07) is 55.6. The van der Waals surface area contributed by atoms with Gasteiger partial charge in [-0.1, -0.05) is 115 Å². The van der Waals surface area contributed by atoms with Crippen molar-refractivity contribution >= 4 is 81.7 Å². The zero-order valence-corrected chi connectivity index (χ0v) is 22.4. The maximum Gasteiger partial charge on any atom is 0.0474 e. The van der Waals surface area contributed by atoms with Gasteiger partial charge in [-0.15, -0.1) is 0 Å². The summed E-state index contributed by atoms with van der Waals surface area (Å²) >= 11 is 0. The molecule has 190 valence electrons. The van der Waals surface area contributed by atoms with E-state index >= 15 is 0 Å². The first kappa shape index (κ1) is 22.4. The van der Waals surface area contributed by atoms with E-state index in [1.165, 1.54) is 64.6 Å². The molecule has 9 aromatic rings. The molecule has 0 aliphatic carbocycles. The van der Waals surface area contributed by atoms with Gasteiger partial charge in [0.1, 0.15) is 0 Å². The molecule has 0 saturated carbocycles. The summed E-state index contributed by atoms with van der Waals surface area (Å²) < 4.78 is 0. The van der Waals surface area contributed by atoms with Crippen LogP contribution in [0.4, 0.5) is 17.1 Å². The number of hydrogen-bond acceptors (Lipinski definition) is 1. The van der Waals surface area contributed by atoms with E-state index in [9.17, 15) is 0 Å². The van der Waals surface area contributed by atoms with Crippen LogP contribution < -0.4 is 4.90 Å². The number of anilines is 3. The van der Waals surface area contributed by atoms with Gasteiger partial charge in [-0.2, -0.15) is 0 Å². The van der Waals surface area contributed by atoms with E-state index in [4.69, 9.17) is 0 Å². The molecular weight excluding hydrogens is 494 g/mol. The minimum Gasteiger partial charge on any atom is -0.310 e. The summed E-state index contributed by atoms with van der Waals surface area (Å²) in [5.74, 6) is 0. The molecule has 9 rings (SSSR count). The van der Waals surface area contributed by atoms with Crippen LogP contribution in [0, 0.1) is 0 Å². The molecule has 0 aliphatic heterocycles. The van der Waals surface area contributed by atoms with E-state index < -0.39 is 0 Å². The van der Waals surface area contributed by atoms with Crippen LogP contribution in [0.15, 0.2) is 152 Å². The molecule has 0 spiro atoms. The van der Waals surface area contributed by atoms with E-state index in [-0.39, 0.29) is 0 Å². The predicted octanol–water partition coefficient (Wildman–Crippen LogP) is 11.5. The molecule has 0 saturated heterocycles. The summed E-state index contributed by atoms with van der Waals surface area (Å²) in [5, 5.41) is 15.6. The van der Waals surface area contributed by atoms with Gasteiger partial charge in [-0.25, -0.2) is 0 Å². The maximum absolute atomic E-state index is 2.42. The summed E-state index contributed by atoms with van der Waals surface area (Å²) in [6.07, 6.45) is 0. The molecule has 1 heteroatoms. The Kier molecular flexibility index (Phi) is 4.67. The fraction of sp³-hybridized carbons (Fsp3) is 0. The number of fused-ring (bicyclic) bond motifs is 2. The molecule has 0 atom stereocenters. The molecule has 0 fully saturated rings. The highest BCUT2D eigenvalue weighted by molar-refractivity contribution is 6.37. The van der Waals surface area contributed by atoms with Crippen LogP contribution in [0.2, 0.25) is 0 Å². The van der Waals surface area contributed by atoms with Crippen LogP contribution in [0.3, 0.4) is 0 Å². The van der Waals surface area contributed by atoms with Gasteiger partial charge in [0.2, 0.25) is 0 Å². The Balaban J connectivity index is 1.55. The first-order chi connectivity index (χ1) is 20.3.